The zero-order chi connectivity index (χ0) is 20.6. The minimum Gasteiger partial charge on any atom is -0.454 e. The first-order valence-corrected chi connectivity index (χ1v) is 10.8. The van der Waals surface area contributed by atoms with Crippen LogP contribution in [-0.2, 0) is 14.8 Å². The second-order valence-corrected chi connectivity index (χ2v) is 8.67. The number of anilines is 2. The summed E-state index contributed by atoms with van der Waals surface area (Å²) in [7, 11) is -3.40. The number of amides is 2. The van der Waals surface area contributed by atoms with E-state index in [1.165, 1.54) is 6.07 Å². The lowest BCUT2D eigenvalue weighted by atomic mass is 9.97. The molecule has 1 fully saturated rings. The molecule has 4 rings (SSSR count). The van der Waals surface area contributed by atoms with Crippen molar-refractivity contribution < 1.29 is 27.5 Å². The van der Waals surface area contributed by atoms with E-state index >= 15 is 0 Å². The van der Waals surface area contributed by atoms with E-state index in [4.69, 9.17) is 9.47 Å². The molecule has 0 bridgehead atoms. The van der Waals surface area contributed by atoms with Gasteiger partial charge in [0.05, 0.1) is 17.9 Å². The average molecular weight is 417 g/mol. The van der Waals surface area contributed by atoms with E-state index in [1.807, 2.05) is 0 Å². The number of carbonyl (C=O) groups is 2. The van der Waals surface area contributed by atoms with Crippen molar-refractivity contribution in [2.45, 2.75) is 0 Å². The Kier molecular flexibility index (Phi) is 4.79. The van der Waals surface area contributed by atoms with E-state index in [0.29, 0.717) is 41.5 Å². The molecule has 152 valence electrons. The quantitative estimate of drug-likeness (QED) is 0.762. The van der Waals surface area contributed by atoms with Crippen molar-refractivity contribution in [3.8, 4) is 11.5 Å². The molecular weight excluding hydrogens is 398 g/mol. The second-order valence-electron chi connectivity index (χ2n) is 6.92. The highest BCUT2D eigenvalue weighted by Gasteiger charge is 2.36. The Morgan fingerprint density at radius 1 is 1.03 bits per heavy atom. The average Bonchev–Trinajstić information content (AvgIpc) is 3.06. The normalized spacial score (nSPS) is 15.6. The Morgan fingerprint density at radius 2 is 1.76 bits per heavy atom. The molecule has 2 N–H and O–H groups in total. The highest BCUT2D eigenvalue weighted by molar-refractivity contribution is 7.92. The fraction of sp³-hybridized carbons (Fsp3) is 0.263. The Balaban J connectivity index is 1.33. The molecule has 0 radical (unpaired) electrons. The van der Waals surface area contributed by atoms with E-state index in [1.54, 1.807) is 41.3 Å². The Bertz CT molecular complexity index is 1080. The van der Waals surface area contributed by atoms with Crippen LogP contribution in [-0.4, -0.2) is 51.3 Å². The topological polar surface area (TPSA) is 114 Å². The van der Waals surface area contributed by atoms with Gasteiger partial charge in [-0.1, -0.05) is 6.07 Å². The van der Waals surface area contributed by atoms with Crippen LogP contribution in [0.5, 0.6) is 11.5 Å². The maximum Gasteiger partial charge on any atom is 0.254 e. The van der Waals surface area contributed by atoms with Gasteiger partial charge in [0.1, 0.15) is 0 Å². The third-order valence-electron chi connectivity index (χ3n) is 4.59. The van der Waals surface area contributed by atoms with Crippen LogP contribution >= 0.6 is 0 Å². The molecule has 1 saturated heterocycles. The molecule has 2 aliphatic heterocycles. The summed E-state index contributed by atoms with van der Waals surface area (Å²) in [5.41, 5.74) is 1.32. The molecule has 2 heterocycles. The summed E-state index contributed by atoms with van der Waals surface area (Å²) in [4.78, 5) is 26.6. The number of ether oxygens (including phenoxy) is 2. The maximum atomic E-state index is 12.6. The molecule has 0 aliphatic carbocycles. The maximum absolute atomic E-state index is 12.6. The van der Waals surface area contributed by atoms with Gasteiger partial charge >= 0.3 is 0 Å². The third-order valence-corrected chi connectivity index (χ3v) is 5.20. The van der Waals surface area contributed by atoms with Crippen molar-refractivity contribution in [1.82, 2.24) is 4.90 Å². The summed E-state index contributed by atoms with van der Waals surface area (Å²) in [5, 5.41) is 2.75. The van der Waals surface area contributed by atoms with E-state index in [9.17, 15) is 18.0 Å². The lowest BCUT2D eigenvalue weighted by Crippen LogP contribution is -2.54. The molecule has 0 aromatic heterocycles. The van der Waals surface area contributed by atoms with Gasteiger partial charge in [-0.2, -0.15) is 0 Å². The molecule has 0 unspecified atom stereocenters. The van der Waals surface area contributed by atoms with E-state index in [0.717, 1.165) is 6.26 Å². The predicted molar refractivity (Wildman–Crippen MR) is 105 cm³/mol. The summed E-state index contributed by atoms with van der Waals surface area (Å²) in [6.45, 7) is 0.751. The van der Waals surface area contributed by atoms with Crippen LogP contribution in [0.15, 0.2) is 42.5 Å². The highest BCUT2D eigenvalue weighted by atomic mass is 32.2. The zero-order valence-electron chi connectivity index (χ0n) is 15.5. The number of hydrogen-bond acceptors (Lipinski definition) is 6. The molecule has 2 aliphatic rings. The van der Waals surface area contributed by atoms with Gasteiger partial charge in [0.15, 0.2) is 11.5 Å². The van der Waals surface area contributed by atoms with Gasteiger partial charge in [0.25, 0.3) is 5.91 Å². The largest absolute Gasteiger partial charge is 0.454 e. The van der Waals surface area contributed by atoms with Crippen molar-refractivity contribution in [3.05, 3.63) is 48.0 Å². The van der Waals surface area contributed by atoms with Crippen molar-refractivity contribution in [3.63, 3.8) is 0 Å². The molecule has 29 heavy (non-hydrogen) atoms. The van der Waals surface area contributed by atoms with Gasteiger partial charge < -0.3 is 19.7 Å². The summed E-state index contributed by atoms with van der Waals surface area (Å²) in [6, 6.07) is 11.4. The highest BCUT2D eigenvalue weighted by Crippen LogP contribution is 2.33. The van der Waals surface area contributed by atoms with Crippen LogP contribution < -0.4 is 19.5 Å². The van der Waals surface area contributed by atoms with Crippen LogP contribution in [0.4, 0.5) is 11.4 Å². The van der Waals surface area contributed by atoms with Crippen molar-refractivity contribution >= 4 is 33.2 Å². The van der Waals surface area contributed by atoms with E-state index < -0.39 is 10.0 Å². The van der Waals surface area contributed by atoms with Gasteiger partial charge in [0, 0.05) is 24.3 Å². The first-order chi connectivity index (χ1) is 13.8. The summed E-state index contributed by atoms with van der Waals surface area (Å²) >= 11 is 0. The Morgan fingerprint density at radius 3 is 2.52 bits per heavy atom. The second kappa shape index (κ2) is 7.28. The van der Waals surface area contributed by atoms with E-state index in [2.05, 4.69) is 10.0 Å². The number of rotatable bonds is 5. The molecular formula is C19H19N3O6S. The monoisotopic (exact) mass is 417 g/mol. The van der Waals surface area contributed by atoms with Gasteiger partial charge in [0.2, 0.25) is 22.7 Å². The number of benzene rings is 2. The van der Waals surface area contributed by atoms with Gasteiger partial charge in [-0.05, 0) is 36.4 Å². The number of likely N-dealkylation sites (tertiary alicyclic amines) is 1. The smallest absolute Gasteiger partial charge is 0.254 e. The van der Waals surface area contributed by atoms with Crippen LogP contribution in [0, 0.1) is 5.92 Å². The minimum atomic E-state index is -3.40. The summed E-state index contributed by atoms with van der Waals surface area (Å²) in [6.07, 6.45) is 1.05. The number of hydrogen-bond donors (Lipinski definition) is 2. The van der Waals surface area contributed by atoms with Crippen molar-refractivity contribution in [2.24, 2.45) is 5.92 Å². The van der Waals surface area contributed by atoms with Gasteiger partial charge in [-0.3, -0.25) is 14.3 Å². The zero-order valence-corrected chi connectivity index (χ0v) is 16.4. The Labute approximate surface area is 167 Å². The van der Waals surface area contributed by atoms with Crippen molar-refractivity contribution in [1.29, 1.82) is 0 Å². The van der Waals surface area contributed by atoms with E-state index in [-0.39, 0.29) is 24.5 Å². The van der Waals surface area contributed by atoms with Crippen LogP contribution in [0.3, 0.4) is 0 Å². The predicted octanol–water partition coefficient (Wildman–Crippen LogP) is 1.50. The van der Waals surface area contributed by atoms with Crippen LogP contribution in [0.1, 0.15) is 10.4 Å². The fourth-order valence-electron chi connectivity index (χ4n) is 3.14. The Hall–Kier alpha value is -3.27. The summed E-state index contributed by atoms with van der Waals surface area (Å²) < 4.78 is 35.5. The fourth-order valence-corrected chi connectivity index (χ4v) is 3.70. The molecule has 9 nitrogen and oxygen atoms in total. The number of carbonyl (C=O) groups excluding carboxylic acids is 2. The van der Waals surface area contributed by atoms with Crippen LogP contribution in [0.2, 0.25) is 0 Å². The molecule has 2 aromatic rings. The first-order valence-electron chi connectivity index (χ1n) is 8.86. The molecule has 0 spiro atoms. The lowest BCUT2D eigenvalue weighted by molar-refractivity contribution is -0.123. The summed E-state index contributed by atoms with van der Waals surface area (Å²) in [5.74, 6) is 0.408. The third kappa shape index (κ3) is 4.27. The number of fused-ring (bicyclic) bond motifs is 1. The van der Waals surface area contributed by atoms with Crippen molar-refractivity contribution in [2.75, 3.05) is 36.2 Å². The SMILES string of the molecule is CS(=O)(=O)Nc1cccc(NC(=O)C2CN(C(=O)c3ccc4c(c3)OCO4)C2)c1. The number of sulfonamides is 1. The standard InChI is InChI=1S/C19H19N3O6S/c1-29(25,26)21-15-4-2-3-14(8-15)20-18(23)13-9-22(10-13)19(24)12-5-6-16-17(7-12)28-11-27-16/h2-8,13,21H,9-11H2,1H3,(H,20,23). The molecule has 0 saturated carbocycles. The molecule has 2 amide bonds. The molecule has 0 atom stereocenters. The van der Waals surface area contributed by atoms with Crippen LogP contribution in [0.25, 0.3) is 0 Å². The lowest BCUT2D eigenvalue weighted by Gasteiger charge is -2.38. The minimum absolute atomic E-state index is 0.139. The number of nitrogens with zero attached hydrogens (tertiary/aromatic N) is 1. The molecule has 2 aromatic carbocycles. The van der Waals surface area contributed by atoms with Gasteiger partial charge in [-0.25, -0.2) is 8.42 Å². The number of nitrogens with one attached hydrogen (secondary N) is 2. The molecule has 10 heteroatoms. The van der Waals surface area contributed by atoms with Gasteiger partial charge in [-0.15, -0.1) is 0 Å². The first kappa shape index (κ1) is 19.1.